The van der Waals surface area contributed by atoms with Crippen LogP contribution in [-0.4, -0.2) is 16.1 Å². The molecule has 3 rings (SSSR count). The van der Waals surface area contributed by atoms with Crippen molar-refractivity contribution in [2.24, 2.45) is 0 Å². The molecule has 0 spiro atoms. The Morgan fingerprint density at radius 3 is 2.38 bits per heavy atom. The van der Waals surface area contributed by atoms with Gasteiger partial charge in [0, 0.05) is 10.6 Å². The van der Waals surface area contributed by atoms with Gasteiger partial charge in [-0.15, -0.1) is 0 Å². The zero-order valence-corrected chi connectivity index (χ0v) is 13.9. The van der Waals surface area contributed by atoms with Crippen molar-refractivity contribution in [3.8, 4) is 11.5 Å². The number of nitrogens with zero attached hydrogens (tertiary/aromatic N) is 2. The standard InChI is InChI=1S/C18H15ClN2O3/c1-11(13-7-9-16(19)10-8-13)23-18(22)15-5-3-14(4-6-15)17-20-12(2)21-24-17/h3-11H,1-2H3. The van der Waals surface area contributed by atoms with Gasteiger partial charge in [-0.2, -0.15) is 4.98 Å². The highest BCUT2D eigenvalue weighted by Gasteiger charge is 2.14. The highest BCUT2D eigenvalue weighted by molar-refractivity contribution is 6.30. The molecule has 0 aliphatic heterocycles. The zero-order chi connectivity index (χ0) is 17.1. The highest BCUT2D eigenvalue weighted by atomic mass is 35.5. The maximum atomic E-state index is 12.2. The van der Waals surface area contributed by atoms with Gasteiger partial charge in [-0.3, -0.25) is 0 Å². The summed E-state index contributed by atoms with van der Waals surface area (Å²) in [4.78, 5) is 16.4. The predicted molar refractivity (Wildman–Crippen MR) is 89.8 cm³/mol. The molecule has 5 nitrogen and oxygen atoms in total. The summed E-state index contributed by atoms with van der Waals surface area (Å²) in [5.74, 6) is 0.581. The minimum Gasteiger partial charge on any atom is -0.454 e. The number of aryl methyl sites for hydroxylation is 1. The summed E-state index contributed by atoms with van der Waals surface area (Å²) in [6, 6.07) is 14.0. The second-order valence-corrected chi connectivity index (χ2v) is 5.76. The van der Waals surface area contributed by atoms with Crippen molar-refractivity contribution in [3.63, 3.8) is 0 Å². The average Bonchev–Trinajstić information content (AvgIpc) is 3.02. The summed E-state index contributed by atoms with van der Waals surface area (Å²) < 4.78 is 10.6. The SMILES string of the molecule is Cc1noc(-c2ccc(C(=O)OC(C)c3ccc(Cl)cc3)cc2)n1. The predicted octanol–water partition coefficient (Wildman–Crippen LogP) is 4.62. The van der Waals surface area contributed by atoms with Gasteiger partial charge in [0.2, 0.25) is 0 Å². The summed E-state index contributed by atoms with van der Waals surface area (Å²) in [5, 5.41) is 4.39. The van der Waals surface area contributed by atoms with Gasteiger partial charge in [0.05, 0.1) is 5.56 Å². The Hall–Kier alpha value is -2.66. The van der Waals surface area contributed by atoms with Crippen molar-refractivity contribution in [1.82, 2.24) is 10.1 Å². The van der Waals surface area contributed by atoms with E-state index in [-0.39, 0.29) is 6.10 Å². The molecule has 0 saturated carbocycles. The first-order valence-corrected chi connectivity index (χ1v) is 7.78. The first kappa shape index (κ1) is 16.2. The lowest BCUT2D eigenvalue weighted by Gasteiger charge is -2.13. The summed E-state index contributed by atoms with van der Waals surface area (Å²) >= 11 is 5.86. The molecule has 1 atom stereocenters. The van der Waals surface area contributed by atoms with E-state index in [0.717, 1.165) is 11.1 Å². The van der Waals surface area contributed by atoms with E-state index < -0.39 is 5.97 Å². The molecular formula is C18H15ClN2O3. The van der Waals surface area contributed by atoms with Gasteiger partial charge in [-0.05, 0) is 55.8 Å². The average molecular weight is 343 g/mol. The van der Waals surface area contributed by atoms with E-state index in [1.807, 2.05) is 19.1 Å². The van der Waals surface area contributed by atoms with Crippen LogP contribution in [0.5, 0.6) is 0 Å². The van der Waals surface area contributed by atoms with E-state index in [2.05, 4.69) is 10.1 Å². The van der Waals surface area contributed by atoms with Gasteiger partial charge < -0.3 is 9.26 Å². The second kappa shape index (κ2) is 6.84. The topological polar surface area (TPSA) is 65.2 Å². The molecule has 1 heterocycles. The minimum absolute atomic E-state index is 0.368. The van der Waals surface area contributed by atoms with Crippen molar-refractivity contribution in [3.05, 3.63) is 70.5 Å². The van der Waals surface area contributed by atoms with Crippen LogP contribution < -0.4 is 0 Å². The van der Waals surface area contributed by atoms with E-state index in [1.165, 1.54) is 0 Å². The lowest BCUT2D eigenvalue weighted by Crippen LogP contribution is -2.09. The molecule has 0 amide bonds. The van der Waals surface area contributed by atoms with Gasteiger partial charge >= 0.3 is 5.97 Å². The van der Waals surface area contributed by atoms with Crippen LogP contribution in [0.25, 0.3) is 11.5 Å². The van der Waals surface area contributed by atoms with E-state index in [9.17, 15) is 4.79 Å². The largest absolute Gasteiger partial charge is 0.454 e. The maximum absolute atomic E-state index is 12.2. The van der Waals surface area contributed by atoms with Gasteiger partial charge in [0.15, 0.2) is 5.82 Å². The monoisotopic (exact) mass is 342 g/mol. The number of halogens is 1. The van der Waals surface area contributed by atoms with Crippen LogP contribution in [0.15, 0.2) is 53.1 Å². The molecule has 0 saturated heterocycles. The number of ether oxygens (including phenoxy) is 1. The van der Waals surface area contributed by atoms with Gasteiger partial charge in [-0.25, -0.2) is 4.79 Å². The Kier molecular flexibility index (Phi) is 4.62. The molecule has 0 fully saturated rings. The van der Waals surface area contributed by atoms with Crippen molar-refractivity contribution in [2.75, 3.05) is 0 Å². The van der Waals surface area contributed by atoms with Crippen LogP contribution in [0.4, 0.5) is 0 Å². The van der Waals surface area contributed by atoms with E-state index >= 15 is 0 Å². The maximum Gasteiger partial charge on any atom is 0.338 e. The summed E-state index contributed by atoms with van der Waals surface area (Å²) in [5.41, 5.74) is 2.08. The molecule has 3 aromatic rings. The lowest BCUT2D eigenvalue weighted by molar-refractivity contribution is 0.0338. The van der Waals surface area contributed by atoms with E-state index in [1.54, 1.807) is 43.3 Å². The Bertz CT molecular complexity index is 841. The first-order chi connectivity index (χ1) is 11.5. The molecule has 0 aliphatic rings. The Morgan fingerprint density at radius 2 is 1.79 bits per heavy atom. The minimum atomic E-state index is -0.397. The number of benzene rings is 2. The van der Waals surface area contributed by atoms with Crippen LogP contribution in [0.3, 0.4) is 0 Å². The summed E-state index contributed by atoms with van der Waals surface area (Å²) in [6.45, 7) is 3.56. The number of hydrogen-bond acceptors (Lipinski definition) is 5. The van der Waals surface area contributed by atoms with Crippen LogP contribution in [-0.2, 0) is 4.74 Å². The van der Waals surface area contributed by atoms with E-state index in [0.29, 0.717) is 22.3 Å². The van der Waals surface area contributed by atoms with Crippen LogP contribution in [0.1, 0.15) is 34.8 Å². The van der Waals surface area contributed by atoms with Crippen LogP contribution in [0.2, 0.25) is 5.02 Å². The molecule has 0 aliphatic carbocycles. The molecule has 0 radical (unpaired) electrons. The van der Waals surface area contributed by atoms with E-state index in [4.69, 9.17) is 20.9 Å². The summed E-state index contributed by atoms with van der Waals surface area (Å²) in [6.07, 6.45) is -0.368. The Labute approximate surface area is 144 Å². The molecule has 1 aromatic heterocycles. The van der Waals surface area contributed by atoms with Gasteiger partial charge in [-0.1, -0.05) is 28.9 Å². The molecule has 0 N–H and O–H groups in total. The quantitative estimate of drug-likeness (QED) is 0.647. The highest BCUT2D eigenvalue weighted by Crippen LogP contribution is 2.22. The fraction of sp³-hybridized carbons (Fsp3) is 0.167. The van der Waals surface area contributed by atoms with Crippen molar-refractivity contribution < 1.29 is 14.1 Å². The third-order valence-electron chi connectivity index (χ3n) is 3.52. The third-order valence-corrected chi connectivity index (χ3v) is 3.77. The van der Waals surface area contributed by atoms with Gasteiger partial charge in [0.25, 0.3) is 5.89 Å². The molecule has 6 heteroatoms. The van der Waals surface area contributed by atoms with Crippen LogP contribution >= 0.6 is 11.6 Å². The Morgan fingerprint density at radius 1 is 1.12 bits per heavy atom. The molecule has 2 aromatic carbocycles. The summed E-state index contributed by atoms with van der Waals surface area (Å²) in [7, 11) is 0. The normalized spacial score (nSPS) is 12.0. The Balaban J connectivity index is 1.69. The number of esters is 1. The van der Waals surface area contributed by atoms with Crippen molar-refractivity contribution in [1.29, 1.82) is 0 Å². The third kappa shape index (κ3) is 3.63. The zero-order valence-electron chi connectivity index (χ0n) is 13.2. The second-order valence-electron chi connectivity index (χ2n) is 5.32. The van der Waals surface area contributed by atoms with Crippen molar-refractivity contribution in [2.45, 2.75) is 20.0 Å². The number of hydrogen-bond donors (Lipinski definition) is 0. The fourth-order valence-electron chi connectivity index (χ4n) is 2.19. The molecule has 0 bridgehead atoms. The molecular weight excluding hydrogens is 328 g/mol. The molecule has 24 heavy (non-hydrogen) atoms. The number of aromatic nitrogens is 2. The van der Waals surface area contributed by atoms with Crippen molar-refractivity contribution >= 4 is 17.6 Å². The number of carbonyl (C=O) groups excluding carboxylic acids is 1. The number of rotatable bonds is 4. The molecule has 1 unspecified atom stereocenters. The molecule has 122 valence electrons. The fourth-order valence-corrected chi connectivity index (χ4v) is 2.32. The first-order valence-electron chi connectivity index (χ1n) is 7.40. The lowest BCUT2D eigenvalue weighted by atomic mass is 10.1. The van der Waals surface area contributed by atoms with Crippen LogP contribution in [0, 0.1) is 6.92 Å². The smallest absolute Gasteiger partial charge is 0.338 e. The van der Waals surface area contributed by atoms with Gasteiger partial charge in [0.1, 0.15) is 6.10 Å². The number of carbonyl (C=O) groups is 1.